The summed E-state index contributed by atoms with van der Waals surface area (Å²) >= 11 is 5.90. The van der Waals surface area contributed by atoms with Gasteiger partial charge in [-0.05, 0) is 13.0 Å². The number of ether oxygens (including phenoxy) is 2. The maximum atomic E-state index is 11.5. The molecule has 0 amide bonds. The zero-order valence-electron chi connectivity index (χ0n) is 11.4. The summed E-state index contributed by atoms with van der Waals surface area (Å²) in [5.74, 6) is 1.17. The second-order valence-electron chi connectivity index (χ2n) is 4.06. The third kappa shape index (κ3) is 3.01. The Balaban J connectivity index is 2.31. The lowest BCUT2D eigenvalue weighted by Crippen LogP contribution is -2.11. The van der Waals surface area contributed by atoms with Crippen molar-refractivity contribution < 1.29 is 14.3 Å². The molecule has 0 aliphatic heterocycles. The summed E-state index contributed by atoms with van der Waals surface area (Å²) in [6.45, 7) is 2.58. The Morgan fingerprint density at radius 1 is 1.40 bits per heavy atom. The number of fused-ring (bicyclic) bond motifs is 1. The number of nitrogens with zero attached hydrogens (tertiary/aromatic N) is 3. The summed E-state index contributed by atoms with van der Waals surface area (Å²) in [6.07, 6.45) is 0.252. The molecule has 2 heterocycles. The fraction of sp³-hybridized carbons (Fsp3) is 0.462. The van der Waals surface area contributed by atoms with Crippen LogP contribution in [0.15, 0.2) is 12.1 Å². The van der Waals surface area contributed by atoms with Gasteiger partial charge in [0.25, 0.3) is 0 Å². The van der Waals surface area contributed by atoms with Gasteiger partial charge >= 0.3 is 5.97 Å². The first-order valence-corrected chi connectivity index (χ1v) is 6.84. The second kappa shape index (κ2) is 6.56. The summed E-state index contributed by atoms with van der Waals surface area (Å²) in [5, 5.41) is 0. The Bertz CT molecular complexity index is 612. The van der Waals surface area contributed by atoms with E-state index in [9.17, 15) is 4.79 Å². The van der Waals surface area contributed by atoms with Gasteiger partial charge in [0.2, 0.25) is 5.88 Å². The number of pyridine rings is 1. The van der Waals surface area contributed by atoms with Crippen LogP contribution in [-0.4, -0.2) is 34.2 Å². The van der Waals surface area contributed by atoms with E-state index in [0.29, 0.717) is 30.5 Å². The number of rotatable bonds is 6. The van der Waals surface area contributed by atoms with Gasteiger partial charge in [0.05, 0.1) is 26.0 Å². The molecule has 0 aliphatic carbocycles. The Morgan fingerprint density at radius 2 is 2.20 bits per heavy atom. The molecule has 0 bridgehead atoms. The Labute approximate surface area is 121 Å². The quantitative estimate of drug-likeness (QED) is 0.603. The van der Waals surface area contributed by atoms with Crippen LogP contribution in [0.25, 0.3) is 11.2 Å². The Morgan fingerprint density at radius 3 is 2.85 bits per heavy atom. The Hall–Kier alpha value is -1.82. The van der Waals surface area contributed by atoms with E-state index in [1.807, 2.05) is 10.6 Å². The van der Waals surface area contributed by atoms with Crippen molar-refractivity contribution in [2.45, 2.75) is 25.8 Å². The summed E-state index contributed by atoms with van der Waals surface area (Å²) in [7, 11) is 1.55. The average Bonchev–Trinajstić information content (AvgIpc) is 2.82. The van der Waals surface area contributed by atoms with Crippen LogP contribution in [0, 0.1) is 0 Å². The van der Waals surface area contributed by atoms with Crippen LogP contribution >= 0.6 is 11.6 Å². The van der Waals surface area contributed by atoms with Crippen LogP contribution < -0.4 is 4.74 Å². The number of carbonyl (C=O) groups excluding carboxylic acids is 1. The van der Waals surface area contributed by atoms with E-state index < -0.39 is 0 Å². The normalized spacial score (nSPS) is 10.8. The van der Waals surface area contributed by atoms with E-state index >= 15 is 0 Å². The van der Waals surface area contributed by atoms with Crippen molar-refractivity contribution >= 4 is 28.7 Å². The number of alkyl halides is 1. The summed E-state index contributed by atoms with van der Waals surface area (Å²) in [4.78, 5) is 20.2. The van der Waals surface area contributed by atoms with Gasteiger partial charge in [-0.3, -0.25) is 4.79 Å². The van der Waals surface area contributed by atoms with Crippen LogP contribution in [0.2, 0.25) is 0 Å². The smallest absolute Gasteiger partial charge is 0.307 e. The molecule has 0 radical (unpaired) electrons. The zero-order chi connectivity index (χ0) is 14.5. The van der Waals surface area contributed by atoms with Gasteiger partial charge in [0.15, 0.2) is 5.65 Å². The molecule has 0 saturated heterocycles. The molecule has 0 saturated carbocycles. The fourth-order valence-corrected chi connectivity index (χ4v) is 2.12. The van der Waals surface area contributed by atoms with E-state index in [-0.39, 0.29) is 18.3 Å². The molecule has 0 aliphatic rings. The van der Waals surface area contributed by atoms with Crippen LogP contribution in [0.4, 0.5) is 0 Å². The first kappa shape index (κ1) is 14.6. The number of hydrogen-bond donors (Lipinski definition) is 0. The van der Waals surface area contributed by atoms with E-state index in [4.69, 9.17) is 21.1 Å². The van der Waals surface area contributed by atoms with Crippen LogP contribution in [0.3, 0.4) is 0 Å². The van der Waals surface area contributed by atoms with Crippen molar-refractivity contribution in [2.75, 3.05) is 13.7 Å². The molecule has 0 unspecified atom stereocenters. The van der Waals surface area contributed by atoms with Gasteiger partial charge in [-0.2, -0.15) is 4.98 Å². The number of methoxy groups -OCH3 is 1. The zero-order valence-corrected chi connectivity index (χ0v) is 12.2. The van der Waals surface area contributed by atoms with Crippen LogP contribution in [-0.2, 0) is 22.0 Å². The maximum Gasteiger partial charge on any atom is 0.307 e. The summed E-state index contributed by atoms with van der Waals surface area (Å²) < 4.78 is 11.8. The number of imidazole rings is 1. The van der Waals surface area contributed by atoms with Crippen LogP contribution in [0.5, 0.6) is 5.88 Å². The molecule has 0 spiro atoms. The molecular formula is C13H16ClN3O3. The van der Waals surface area contributed by atoms with Crippen molar-refractivity contribution in [3.63, 3.8) is 0 Å². The number of hydrogen-bond acceptors (Lipinski definition) is 5. The van der Waals surface area contributed by atoms with E-state index in [1.54, 1.807) is 20.1 Å². The minimum absolute atomic E-state index is 0.251. The molecule has 20 heavy (non-hydrogen) atoms. The average molecular weight is 298 g/mol. The predicted molar refractivity (Wildman–Crippen MR) is 74.9 cm³/mol. The lowest BCUT2D eigenvalue weighted by atomic mass is 10.4. The second-order valence-corrected chi connectivity index (χ2v) is 4.33. The standard InChI is InChI=1S/C13H16ClN3O3/c1-3-20-12(18)6-7-17-10(8-14)15-9-4-5-11(19-2)16-13(9)17/h4-5H,3,6-8H2,1-2H3. The SMILES string of the molecule is CCOC(=O)CCn1c(CCl)nc2ccc(OC)nc21. The van der Waals surface area contributed by atoms with Crippen molar-refractivity contribution in [1.29, 1.82) is 0 Å². The molecule has 108 valence electrons. The molecule has 2 aromatic heterocycles. The van der Waals surface area contributed by atoms with Gasteiger partial charge in [-0.15, -0.1) is 11.6 Å². The maximum absolute atomic E-state index is 11.5. The van der Waals surface area contributed by atoms with Gasteiger partial charge in [0.1, 0.15) is 11.3 Å². The monoisotopic (exact) mass is 297 g/mol. The minimum atomic E-state index is -0.252. The lowest BCUT2D eigenvalue weighted by Gasteiger charge is -2.07. The summed E-state index contributed by atoms with van der Waals surface area (Å²) in [5.41, 5.74) is 1.38. The Kier molecular flexibility index (Phi) is 4.79. The van der Waals surface area contributed by atoms with Gasteiger partial charge < -0.3 is 14.0 Å². The molecule has 6 nitrogen and oxygen atoms in total. The number of aromatic nitrogens is 3. The van der Waals surface area contributed by atoms with E-state index in [0.717, 1.165) is 5.52 Å². The molecule has 0 fully saturated rings. The lowest BCUT2D eigenvalue weighted by molar-refractivity contribution is -0.143. The molecule has 2 aromatic rings. The number of esters is 1. The highest BCUT2D eigenvalue weighted by Gasteiger charge is 2.13. The third-order valence-electron chi connectivity index (χ3n) is 2.82. The van der Waals surface area contributed by atoms with Crippen molar-refractivity contribution in [3.05, 3.63) is 18.0 Å². The number of carbonyl (C=O) groups is 1. The topological polar surface area (TPSA) is 66.2 Å². The van der Waals surface area contributed by atoms with Crippen LogP contribution in [0.1, 0.15) is 19.2 Å². The molecule has 0 aromatic carbocycles. The van der Waals surface area contributed by atoms with E-state index in [2.05, 4.69) is 9.97 Å². The molecule has 7 heteroatoms. The van der Waals surface area contributed by atoms with E-state index in [1.165, 1.54) is 0 Å². The van der Waals surface area contributed by atoms with Crippen molar-refractivity contribution in [2.24, 2.45) is 0 Å². The first-order chi connectivity index (χ1) is 9.69. The minimum Gasteiger partial charge on any atom is -0.481 e. The van der Waals surface area contributed by atoms with Crippen molar-refractivity contribution in [1.82, 2.24) is 14.5 Å². The highest BCUT2D eigenvalue weighted by Crippen LogP contribution is 2.19. The van der Waals surface area contributed by atoms with Gasteiger partial charge in [-0.1, -0.05) is 0 Å². The number of halogens is 1. The molecule has 0 N–H and O–H groups in total. The van der Waals surface area contributed by atoms with Gasteiger partial charge in [-0.25, -0.2) is 4.98 Å². The molecule has 0 atom stereocenters. The first-order valence-electron chi connectivity index (χ1n) is 6.31. The largest absolute Gasteiger partial charge is 0.481 e. The highest BCUT2D eigenvalue weighted by molar-refractivity contribution is 6.16. The highest BCUT2D eigenvalue weighted by atomic mass is 35.5. The number of aryl methyl sites for hydroxylation is 1. The van der Waals surface area contributed by atoms with Gasteiger partial charge in [0, 0.05) is 12.6 Å². The summed E-state index contributed by atoms with van der Waals surface area (Å²) in [6, 6.07) is 3.56. The molecular weight excluding hydrogens is 282 g/mol. The van der Waals surface area contributed by atoms with Crippen molar-refractivity contribution in [3.8, 4) is 5.88 Å². The fourth-order valence-electron chi connectivity index (χ4n) is 1.92. The molecule has 2 rings (SSSR count). The predicted octanol–water partition coefficient (Wildman–Crippen LogP) is 2.13. The third-order valence-corrected chi connectivity index (χ3v) is 3.06.